The molecule has 0 aliphatic carbocycles. The summed E-state index contributed by atoms with van der Waals surface area (Å²) in [5.41, 5.74) is 0. The van der Waals surface area contributed by atoms with Gasteiger partial charge in [-0.15, -0.1) is 0 Å². The van der Waals surface area contributed by atoms with Crippen molar-refractivity contribution in [3.8, 4) is 0 Å². The fourth-order valence-corrected chi connectivity index (χ4v) is 3.36. The lowest BCUT2D eigenvalue weighted by molar-refractivity contribution is -0.139. The van der Waals surface area contributed by atoms with Crippen LogP contribution in [0.2, 0.25) is 10.0 Å². The minimum atomic E-state index is -4.04. The average Bonchev–Trinajstić information content (AvgIpc) is 2.32. The highest BCUT2D eigenvalue weighted by molar-refractivity contribution is 7.89. The number of carboxylic acids is 1. The summed E-state index contributed by atoms with van der Waals surface area (Å²) < 4.78 is 31.0. The lowest BCUT2D eigenvalue weighted by Gasteiger charge is -2.14. The molecule has 0 fully saturated rings. The summed E-state index contributed by atoms with van der Waals surface area (Å²) in [7, 11) is -2.64. The Bertz CT molecular complexity index is 570. The second kappa shape index (κ2) is 7.24. The third kappa shape index (κ3) is 4.92. The molecule has 0 amide bonds. The number of carbonyl (C=O) groups is 1. The van der Waals surface area contributed by atoms with Gasteiger partial charge in [0, 0.05) is 23.8 Å². The lowest BCUT2D eigenvalue weighted by atomic mass is 10.2. The zero-order chi connectivity index (χ0) is 15.3. The van der Waals surface area contributed by atoms with E-state index in [9.17, 15) is 13.2 Å². The molecule has 0 saturated carbocycles. The number of halogens is 2. The van der Waals surface area contributed by atoms with Crippen LogP contribution < -0.4 is 4.72 Å². The molecule has 1 aromatic carbocycles. The second-order valence-electron chi connectivity index (χ2n) is 3.90. The Morgan fingerprint density at radius 2 is 1.90 bits per heavy atom. The number of ether oxygens (including phenoxy) is 1. The van der Waals surface area contributed by atoms with E-state index in [-0.39, 0.29) is 28.0 Å². The van der Waals surface area contributed by atoms with Crippen LogP contribution in [0.25, 0.3) is 0 Å². The number of aliphatic carboxylic acids is 1. The lowest BCUT2D eigenvalue weighted by Crippen LogP contribution is -2.41. The van der Waals surface area contributed by atoms with Gasteiger partial charge < -0.3 is 9.84 Å². The predicted molar refractivity (Wildman–Crippen MR) is 74.7 cm³/mol. The van der Waals surface area contributed by atoms with E-state index in [0.717, 1.165) is 0 Å². The molecule has 0 saturated heterocycles. The highest BCUT2D eigenvalue weighted by Gasteiger charge is 2.25. The molecule has 1 aromatic rings. The third-order valence-corrected chi connectivity index (χ3v) is 4.24. The predicted octanol–water partition coefficient (Wildman–Crippen LogP) is 1.76. The summed E-state index contributed by atoms with van der Waals surface area (Å²) >= 11 is 11.5. The van der Waals surface area contributed by atoms with Crippen LogP contribution in [0.4, 0.5) is 0 Å². The van der Waals surface area contributed by atoms with Crippen molar-refractivity contribution in [1.82, 2.24) is 4.72 Å². The van der Waals surface area contributed by atoms with Crippen LogP contribution in [0, 0.1) is 0 Å². The molecule has 1 unspecified atom stereocenters. The molecule has 2 N–H and O–H groups in total. The first-order chi connectivity index (χ1) is 9.26. The highest BCUT2D eigenvalue weighted by Crippen LogP contribution is 2.22. The molecule has 0 radical (unpaired) electrons. The van der Waals surface area contributed by atoms with Crippen molar-refractivity contribution in [3.05, 3.63) is 28.2 Å². The molecule has 0 aromatic heterocycles. The van der Waals surface area contributed by atoms with Gasteiger partial charge in [-0.05, 0) is 24.6 Å². The maximum absolute atomic E-state index is 12.1. The monoisotopic (exact) mass is 341 g/mol. The molecule has 0 heterocycles. The van der Waals surface area contributed by atoms with Crippen LogP contribution in [0.5, 0.6) is 0 Å². The number of hydrogen-bond donors (Lipinski definition) is 2. The first-order valence-electron chi connectivity index (χ1n) is 5.46. The number of nitrogens with one attached hydrogen (secondary N) is 1. The van der Waals surface area contributed by atoms with Gasteiger partial charge in [0.25, 0.3) is 0 Å². The zero-order valence-electron chi connectivity index (χ0n) is 10.5. The van der Waals surface area contributed by atoms with Crippen LogP contribution >= 0.6 is 23.2 Å². The summed E-state index contributed by atoms with van der Waals surface area (Å²) in [5.74, 6) is -1.29. The molecular weight excluding hydrogens is 329 g/mol. The normalized spacial score (nSPS) is 13.2. The van der Waals surface area contributed by atoms with Crippen molar-refractivity contribution < 1.29 is 23.1 Å². The molecular formula is C11H13Cl2NO5S. The smallest absolute Gasteiger partial charge is 0.321 e. The third-order valence-electron chi connectivity index (χ3n) is 2.35. The van der Waals surface area contributed by atoms with Crippen molar-refractivity contribution in [2.75, 3.05) is 13.7 Å². The molecule has 0 bridgehead atoms. The Kier molecular flexibility index (Phi) is 6.22. The van der Waals surface area contributed by atoms with E-state index < -0.39 is 22.0 Å². The SMILES string of the molecule is COCCC(NS(=O)(=O)c1cc(Cl)cc(Cl)c1)C(=O)O. The van der Waals surface area contributed by atoms with E-state index in [2.05, 4.69) is 4.72 Å². The average molecular weight is 342 g/mol. The van der Waals surface area contributed by atoms with Crippen LogP contribution in [0.3, 0.4) is 0 Å². The number of benzene rings is 1. The number of hydrogen-bond acceptors (Lipinski definition) is 4. The second-order valence-corrected chi connectivity index (χ2v) is 6.49. The Labute approximate surface area is 126 Å². The molecule has 0 aliphatic heterocycles. The van der Waals surface area contributed by atoms with Gasteiger partial charge in [0.1, 0.15) is 6.04 Å². The summed E-state index contributed by atoms with van der Waals surface area (Å²) in [5, 5.41) is 9.27. The van der Waals surface area contributed by atoms with E-state index in [1.807, 2.05) is 0 Å². The van der Waals surface area contributed by atoms with Crippen molar-refractivity contribution >= 4 is 39.2 Å². The molecule has 6 nitrogen and oxygen atoms in total. The number of rotatable bonds is 7. The zero-order valence-corrected chi connectivity index (χ0v) is 12.8. The van der Waals surface area contributed by atoms with E-state index in [0.29, 0.717) is 0 Å². The summed E-state index contributed by atoms with van der Waals surface area (Å²) in [6.07, 6.45) is -0.000634. The molecule has 112 valence electrons. The first-order valence-corrected chi connectivity index (χ1v) is 7.70. The van der Waals surface area contributed by atoms with E-state index >= 15 is 0 Å². The van der Waals surface area contributed by atoms with Gasteiger partial charge in [-0.2, -0.15) is 4.72 Å². The Morgan fingerprint density at radius 1 is 1.35 bits per heavy atom. The number of sulfonamides is 1. The van der Waals surface area contributed by atoms with E-state index in [1.54, 1.807) is 0 Å². The standard InChI is InChI=1S/C11H13Cl2NO5S/c1-19-3-2-10(11(15)16)14-20(17,18)9-5-7(12)4-8(13)6-9/h4-6,10,14H,2-3H2,1H3,(H,15,16). The fourth-order valence-electron chi connectivity index (χ4n) is 1.41. The van der Waals surface area contributed by atoms with E-state index in [1.165, 1.54) is 25.3 Å². The van der Waals surface area contributed by atoms with Gasteiger partial charge in [-0.25, -0.2) is 8.42 Å². The summed E-state index contributed by atoms with van der Waals surface area (Å²) in [6.45, 7) is 0.107. The van der Waals surface area contributed by atoms with Gasteiger partial charge in [0.15, 0.2) is 0 Å². The quantitative estimate of drug-likeness (QED) is 0.788. The van der Waals surface area contributed by atoms with E-state index in [4.69, 9.17) is 33.0 Å². The highest BCUT2D eigenvalue weighted by atomic mass is 35.5. The van der Waals surface area contributed by atoms with Crippen molar-refractivity contribution in [2.45, 2.75) is 17.4 Å². The molecule has 20 heavy (non-hydrogen) atoms. The van der Waals surface area contributed by atoms with Gasteiger partial charge in [0.05, 0.1) is 4.90 Å². The van der Waals surface area contributed by atoms with Gasteiger partial charge in [-0.3, -0.25) is 4.79 Å². The van der Waals surface area contributed by atoms with Gasteiger partial charge in [0.2, 0.25) is 10.0 Å². The summed E-state index contributed by atoms with van der Waals surface area (Å²) in [4.78, 5) is 10.8. The minimum Gasteiger partial charge on any atom is -0.480 e. The molecule has 9 heteroatoms. The fraction of sp³-hybridized carbons (Fsp3) is 0.364. The maximum atomic E-state index is 12.1. The van der Waals surface area contributed by atoms with Crippen LogP contribution in [-0.2, 0) is 19.6 Å². The topological polar surface area (TPSA) is 92.7 Å². The van der Waals surface area contributed by atoms with Crippen LogP contribution in [-0.4, -0.2) is 39.3 Å². The van der Waals surface area contributed by atoms with Crippen molar-refractivity contribution in [3.63, 3.8) is 0 Å². The molecule has 1 atom stereocenters. The molecule has 1 rings (SSSR count). The number of carboxylic acid groups (broad SMARTS) is 1. The van der Waals surface area contributed by atoms with Crippen molar-refractivity contribution in [1.29, 1.82) is 0 Å². The molecule has 0 aliphatic rings. The minimum absolute atomic E-state index is 0.000634. The maximum Gasteiger partial charge on any atom is 0.321 e. The molecule has 0 spiro atoms. The van der Waals surface area contributed by atoms with Gasteiger partial charge >= 0.3 is 5.97 Å². The Morgan fingerprint density at radius 3 is 2.35 bits per heavy atom. The number of methoxy groups -OCH3 is 1. The summed E-state index contributed by atoms with van der Waals surface area (Å²) in [6, 6.07) is 2.45. The van der Waals surface area contributed by atoms with Crippen LogP contribution in [0.15, 0.2) is 23.1 Å². The largest absolute Gasteiger partial charge is 0.480 e. The van der Waals surface area contributed by atoms with Gasteiger partial charge in [-0.1, -0.05) is 23.2 Å². The Balaban J connectivity index is 3.00. The first kappa shape index (κ1) is 17.2. The van der Waals surface area contributed by atoms with Crippen molar-refractivity contribution in [2.24, 2.45) is 0 Å². The Hall–Kier alpha value is -0.860. The van der Waals surface area contributed by atoms with Crippen LogP contribution in [0.1, 0.15) is 6.42 Å².